The molecule has 1 aromatic rings. The fraction of sp³-hybridized carbons (Fsp3) is 0.583. The lowest BCUT2D eigenvalue weighted by atomic mass is 10.2. The van der Waals surface area contributed by atoms with Gasteiger partial charge in [-0.15, -0.1) is 0 Å². The van der Waals surface area contributed by atoms with Crippen LogP contribution in [-0.4, -0.2) is 41.7 Å². The molecule has 7 nitrogen and oxygen atoms in total. The smallest absolute Gasteiger partial charge is 0.413 e. The van der Waals surface area contributed by atoms with E-state index in [1.54, 1.807) is 4.90 Å². The van der Waals surface area contributed by atoms with Crippen LogP contribution in [0.25, 0.3) is 0 Å². The lowest BCUT2D eigenvalue weighted by Crippen LogP contribution is -2.44. The lowest BCUT2D eigenvalue weighted by Gasteiger charge is -2.27. The minimum atomic E-state index is -0.537. The average Bonchev–Trinajstić information content (AvgIpc) is 2.78. The van der Waals surface area contributed by atoms with Gasteiger partial charge in [0.1, 0.15) is 0 Å². The highest BCUT2D eigenvalue weighted by Crippen LogP contribution is 2.28. The predicted molar refractivity (Wildman–Crippen MR) is 75.9 cm³/mol. The summed E-state index contributed by atoms with van der Waals surface area (Å²) in [6.07, 6.45) is 0.158. The number of aromatic nitrogens is 1. The first kappa shape index (κ1) is 14.6. The first-order chi connectivity index (χ1) is 9.49. The number of hydrogen-bond donors (Lipinski definition) is 2. The number of anilines is 1. The van der Waals surface area contributed by atoms with Crippen molar-refractivity contribution < 1.29 is 14.3 Å². The van der Waals surface area contributed by atoms with E-state index in [0.29, 0.717) is 24.6 Å². The van der Waals surface area contributed by atoms with Crippen LogP contribution in [0.2, 0.25) is 0 Å². The van der Waals surface area contributed by atoms with Crippen molar-refractivity contribution in [3.63, 3.8) is 0 Å². The number of amides is 3. The number of carbonyl (C=O) groups excluding carboxylic acids is 2. The number of thiazole rings is 1. The monoisotopic (exact) mass is 298 g/mol. The third kappa shape index (κ3) is 3.38. The third-order valence-electron chi connectivity index (χ3n) is 2.82. The molecule has 0 saturated carbocycles. The van der Waals surface area contributed by atoms with E-state index in [4.69, 9.17) is 0 Å². The Hall–Kier alpha value is -1.83. The highest BCUT2D eigenvalue weighted by atomic mass is 32.1. The van der Waals surface area contributed by atoms with Crippen LogP contribution in [-0.2, 0) is 17.7 Å². The summed E-state index contributed by atoms with van der Waals surface area (Å²) in [6, 6.07) is 0.0448. The zero-order valence-electron chi connectivity index (χ0n) is 11.7. The number of methoxy groups -OCH3 is 1. The van der Waals surface area contributed by atoms with Crippen molar-refractivity contribution in [2.75, 3.05) is 19.0 Å². The maximum Gasteiger partial charge on any atom is 0.413 e. The summed E-state index contributed by atoms with van der Waals surface area (Å²) in [6.45, 7) is 5.01. The van der Waals surface area contributed by atoms with Crippen LogP contribution >= 0.6 is 11.3 Å². The molecule has 0 radical (unpaired) electrons. The van der Waals surface area contributed by atoms with Gasteiger partial charge in [0.15, 0.2) is 5.13 Å². The number of carbonyl (C=O) groups is 2. The Morgan fingerprint density at radius 2 is 2.20 bits per heavy atom. The topological polar surface area (TPSA) is 83.6 Å². The van der Waals surface area contributed by atoms with Crippen LogP contribution in [0.5, 0.6) is 0 Å². The quantitative estimate of drug-likeness (QED) is 0.872. The van der Waals surface area contributed by atoms with Crippen LogP contribution in [0.3, 0.4) is 0 Å². The van der Waals surface area contributed by atoms with Crippen LogP contribution in [0.15, 0.2) is 0 Å². The van der Waals surface area contributed by atoms with Gasteiger partial charge in [0, 0.05) is 23.9 Å². The van der Waals surface area contributed by atoms with Crippen LogP contribution in [0, 0.1) is 0 Å². The van der Waals surface area contributed by atoms with Crippen LogP contribution < -0.4 is 10.6 Å². The van der Waals surface area contributed by atoms with Crippen molar-refractivity contribution in [1.29, 1.82) is 0 Å². The van der Waals surface area contributed by atoms with Crippen molar-refractivity contribution in [2.45, 2.75) is 32.9 Å². The lowest BCUT2D eigenvalue weighted by molar-refractivity contribution is 0.187. The highest BCUT2D eigenvalue weighted by Gasteiger charge is 2.24. The standard InChI is InChI=1S/C12H18N4O3S/c1-7(2)13-11(17)16-5-4-8-9(6-16)20-10(14-8)15-12(18)19-3/h7H,4-6H2,1-3H3,(H,13,17)(H,14,15,18). The van der Waals surface area contributed by atoms with Gasteiger partial charge in [0.05, 0.1) is 19.3 Å². The summed E-state index contributed by atoms with van der Waals surface area (Å²) in [4.78, 5) is 30.2. The Labute approximate surface area is 121 Å². The van der Waals surface area contributed by atoms with E-state index in [9.17, 15) is 9.59 Å². The SMILES string of the molecule is COC(=O)Nc1nc2c(s1)CN(C(=O)NC(C)C)CC2. The van der Waals surface area contributed by atoms with Crippen LogP contribution in [0.4, 0.5) is 14.7 Å². The van der Waals surface area contributed by atoms with E-state index in [1.165, 1.54) is 18.4 Å². The van der Waals surface area contributed by atoms with Gasteiger partial charge < -0.3 is 15.0 Å². The number of nitrogens with one attached hydrogen (secondary N) is 2. The molecule has 0 saturated heterocycles. The van der Waals surface area contributed by atoms with E-state index >= 15 is 0 Å². The molecule has 0 aliphatic carbocycles. The molecule has 0 fully saturated rings. The average molecular weight is 298 g/mol. The van der Waals surface area contributed by atoms with E-state index < -0.39 is 6.09 Å². The molecule has 8 heteroatoms. The van der Waals surface area contributed by atoms with E-state index in [0.717, 1.165) is 10.6 Å². The summed E-state index contributed by atoms with van der Waals surface area (Å²) in [7, 11) is 1.31. The minimum absolute atomic E-state index is 0.0680. The fourth-order valence-corrected chi connectivity index (χ4v) is 2.91. The number of nitrogens with zero attached hydrogens (tertiary/aromatic N) is 2. The fourth-order valence-electron chi connectivity index (χ4n) is 1.90. The molecule has 0 aromatic carbocycles. The maximum atomic E-state index is 12.0. The molecule has 0 bridgehead atoms. The van der Waals surface area contributed by atoms with Crippen molar-refractivity contribution in [2.24, 2.45) is 0 Å². The number of fused-ring (bicyclic) bond motifs is 1. The van der Waals surface area contributed by atoms with Gasteiger partial charge in [-0.1, -0.05) is 11.3 Å². The summed E-state index contributed by atoms with van der Waals surface area (Å²) >= 11 is 1.37. The van der Waals surface area contributed by atoms with Crippen molar-refractivity contribution in [3.8, 4) is 0 Å². The summed E-state index contributed by atoms with van der Waals surface area (Å²) in [5.41, 5.74) is 0.940. The Morgan fingerprint density at radius 3 is 2.85 bits per heavy atom. The van der Waals surface area contributed by atoms with E-state index in [-0.39, 0.29) is 12.1 Å². The molecule has 1 aromatic heterocycles. The molecule has 0 atom stereocenters. The number of rotatable bonds is 2. The van der Waals surface area contributed by atoms with Crippen molar-refractivity contribution in [1.82, 2.24) is 15.2 Å². The summed E-state index contributed by atoms with van der Waals surface area (Å²) in [5.74, 6) is 0. The van der Waals surface area contributed by atoms with Crippen molar-refractivity contribution in [3.05, 3.63) is 10.6 Å². The summed E-state index contributed by atoms with van der Waals surface area (Å²) in [5, 5.41) is 5.93. The second-order valence-corrected chi connectivity index (χ2v) is 5.86. The second kappa shape index (κ2) is 6.08. The van der Waals surface area contributed by atoms with Gasteiger partial charge in [0.25, 0.3) is 0 Å². The Morgan fingerprint density at radius 1 is 1.45 bits per heavy atom. The molecule has 110 valence electrons. The molecule has 0 unspecified atom stereocenters. The summed E-state index contributed by atoms with van der Waals surface area (Å²) < 4.78 is 4.53. The number of hydrogen-bond acceptors (Lipinski definition) is 5. The Bertz CT molecular complexity index is 515. The first-order valence-corrected chi connectivity index (χ1v) is 7.20. The molecule has 2 heterocycles. The Balaban J connectivity index is 2.03. The maximum absolute atomic E-state index is 12.0. The molecule has 0 spiro atoms. The number of urea groups is 1. The van der Waals surface area contributed by atoms with Crippen LogP contribution in [0.1, 0.15) is 24.4 Å². The molecule has 2 N–H and O–H groups in total. The van der Waals surface area contributed by atoms with Gasteiger partial charge in [-0.2, -0.15) is 0 Å². The molecular weight excluding hydrogens is 280 g/mol. The molecule has 2 rings (SSSR count). The van der Waals surface area contributed by atoms with Gasteiger partial charge in [-0.05, 0) is 13.8 Å². The van der Waals surface area contributed by atoms with E-state index in [2.05, 4.69) is 20.4 Å². The normalized spacial score (nSPS) is 13.9. The molecule has 1 aliphatic heterocycles. The van der Waals surface area contributed by atoms with E-state index in [1.807, 2.05) is 13.8 Å². The highest BCUT2D eigenvalue weighted by molar-refractivity contribution is 7.15. The third-order valence-corrected chi connectivity index (χ3v) is 3.82. The molecule has 3 amide bonds. The largest absolute Gasteiger partial charge is 0.453 e. The predicted octanol–water partition coefficient (Wildman–Crippen LogP) is 1.80. The zero-order valence-corrected chi connectivity index (χ0v) is 12.5. The van der Waals surface area contributed by atoms with Crippen molar-refractivity contribution >= 4 is 28.6 Å². The Kier molecular flexibility index (Phi) is 4.43. The zero-order chi connectivity index (χ0) is 14.7. The molecular formula is C12H18N4O3S. The van der Waals surface area contributed by atoms with Gasteiger partial charge in [0.2, 0.25) is 0 Å². The van der Waals surface area contributed by atoms with Gasteiger partial charge >= 0.3 is 12.1 Å². The first-order valence-electron chi connectivity index (χ1n) is 6.38. The number of ether oxygens (including phenoxy) is 1. The second-order valence-electron chi connectivity index (χ2n) is 4.78. The molecule has 20 heavy (non-hydrogen) atoms. The molecule has 1 aliphatic rings. The van der Waals surface area contributed by atoms with Gasteiger partial charge in [-0.25, -0.2) is 14.6 Å². The minimum Gasteiger partial charge on any atom is -0.453 e. The van der Waals surface area contributed by atoms with Gasteiger partial charge in [-0.3, -0.25) is 5.32 Å².